The van der Waals surface area contributed by atoms with Gasteiger partial charge in [0.15, 0.2) is 6.04 Å². The van der Waals surface area contributed by atoms with Gasteiger partial charge in [0, 0.05) is 13.0 Å². The highest BCUT2D eigenvalue weighted by Gasteiger charge is 2.38. The van der Waals surface area contributed by atoms with Crippen LogP contribution in [0.15, 0.2) is 30.3 Å². The molecule has 14 heteroatoms. The molecular weight excluding hydrogens is 536 g/mol. The van der Waals surface area contributed by atoms with E-state index in [0.29, 0.717) is 12.8 Å². The van der Waals surface area contributed by atoms with Crippen molar-refractivity contribution < 1.29 is 39.0 Å². The average Bonchev–Trinajstić information content (AvgIpc) is 3.42. The molecule has 0 unspecified atom stereocenters. The maximum atomic E-state index is 13.4. The maximum Gasteiger partial charge on any atom is 0.328 e. The first-order valence-electron chi connectivity index (χ1n) is 13.5. The van der Waals surface area contributed by atoms with E-state index < -0.39 is 78.2 Å². The number of likely N-dealkylation sites (tertiary alicyclic amines) is 1. The lowest BCUT2D eigenvalue weighted by molar-refractivity contribution is -0.145. The minimum absolute atomic E-state index is 0.203. The van der Waals surface area contributed by atoms with Crippen molar-refractivity contribution in [3.8, 4) is 0 Å². The second-order valence-corrected chi connectivity index (χ2v) is 10.3. The molecule has 0 radical (unpaired) electrons. The van der Waals surface area contributed by atoms with Crippen LogP contribution in [0.5, 0.6) is 0 Å². The zero-order valence-electron chi connectivity index (χ0n) is 23.5. The van der Waals surface area contributed by atoms with Gasteiger partial charge in [-0.3, -0.25) is 24.0 Å². The number of aliphatic hydroxyl groups is 1. The molecule has 8 N–H and O–H groups in total. The molecule has 226 valence electrons. The Morgan fingerprint density at radius 2 is 1.63 bits per heavy atom. The minimum atomic E-state index is -1.56. The van der Waals surface area contributed by atoms with Crippen molar-refractivity contribution in [1.29, 1.82) is 0 Å². The largest absolute Gasteiger partial charge is 0.480 e. The number of hydrogen-bond donors (Lipinski definition) is 7. The number of amides is 5. The number of aliphatic hydroxyl groups excluding tert-OH is 1. The van der Waals surface area contributed by atoms with E-state index in [1.54, 1.807) is 13.8 Å². The maximum absolute atomic E-state index is 13.4. The third kappa shape index (κ3) is 9.83. The number of aliphatic carboxylic acids is 1. The Balaban J connectivity index is 2.03. The standard InChI is InChI=1S/C27H40N6O8/c1-15(2)22(25(38)32-23(16(3)34)27(40)41)31-21(36)14-29-24(37)19-10-7-11-33(19)26(39)18(30-20(35)13-28)12-17-8-5-4-6-9-17/h4-6,8-9,15-16,18-19,22-23,34H,7,10-14,28H2,1-3H3,(H,29,37)(H,30,35)(H,31,36)(H,32,38)(H,40,41)/t16-,18+,19+,22+,23+/m1/s1. The Morgan fingerprint density at radius 1 is 0.976 bits per heavy atom. The van der Waals surface area contributed by atoms with Gasteiger partial charge in [-0.25, -0.2) is 4.79 Å². The molecular formula is C27H40N6O8. The number of carbonyl (C=O) groups excluding carboxylic acids is 5. The van der Waals surface area contributed by atoms with E-state index in [-0.39, 0.29) is 19.5 Å². The molecule has 14 nitrogen and oxygen atoms in total. The molecule has 0 saturated carbocycles. The summed E-state index contributed by atoms with van der Waals surface area (Å²) < 4.78 is 0. The molecule has 41 heavy (non-hydrogen) atoms. The smallest absolute Gasteiger partial charge is 0.328 e. The Morgan fingerprint density at radius 3 is 2.20 bits per heavy atom. The first-order valence-corrected chi connectivity index (χ1v) is 13.5. The number of nitrogens with zero attached hydrogens (tertiary/aromatic N) is 1. The fourth-order valence-electron chi connectivity index (χ4n) is 4.48. The number of nitrogens with two attached hydrogens (primary N) is 1. The van der Waals surface area contributed by atoms with Crippen LogP contribution in [-0.2, 0) is 35.2 Å². The number of rotatable bonds is 14. The van der Waals surface area contributed by atoms with Crippen molar-refractivity contribution in [1.82, 2.24) is 26.2 Å². The molecule has 1 fully saturated rings. The Kier molecular flexibility index (Phi) is 12.7. The van der Waals surface area contributed by atoms with Gasteiger partial charge in [0.1, 0.15) is 18.1 Å². The van der Waals surface area contributed by atoms with E-state index in [9.17, 15) is 39.0 Å². The van der Waals surface area contributed by atoms with Crippen LogP contribution >= 0.6 is 0 Å². The van der Waals surface area contributed by atoms with Gasteiger partial charge in [-0.1, -0.05) is 44.2 Å². The summed E-state index contributed by atoms with van der Waals surface area (Å²) in [6, 6.07) is 4.58. The van der Waals surface area contributed by atoms with Crippen LogP contribution in [0.2, 0.25) is 0 Å². The second kappa shape index (κ2) is 15.7. The highest BCUT2D eigenvalue weighted by atomic mass is 16.4. The summed E-state index contributed by atoms with van der Waals surface area (Å²) in [5.74, 6) is -4.90. The van der Waals surface area contributed by atoms with E-state index in [0.717, 1.165) is 5.56 Å². The molecule has 0 bridgehead atoms. The number of benzene rings is 1. The molecule has 1 saturated heterocycles. The van der Waals surface area contributed by atoms with Gasteiger partial charge >= 0.3 is 5.97 Å². The lowest BCUT2D eigenvalue weighted by Gasteiger charge is -2.29. The summed E-state index contributed by atoms with van der Waals surface area (Å²) in [4.78, 5) is 76.4. The van der Waals surface area contributed by atoms with E-state index in [4.69, 9.17) is 5.73 Å². The van der Waals surface area contributed by atoms with Crippen molar-refractivity contribution in [3.05, 3.63) is 35.9 Å². The number of carbonyl (C=O) groups is 6. The lowest BCUT2D eigenvalue weighted by atomic mass is 10.0. The van der Waals surface area contributed by atoms with E-state index in [1.807, 2.05) is 30.3 Å². The van der Waals surface area contributed by atoms with Gasteiger partial charge in [0.25, 0.3) is 0 Å². The molecule has 2 rings (SSSR count). The predicted octanol–water partition coefficient (Wildman–Crippen LogP) is -2.13. The van der Waals surface area contributed by atoms with Gasteiger partial charge in [-0.2, -0.15) is 0 Å². The quantitative estimate of drug-likeness (QED) is 0.128. The van der Waals surface area contributed by atoms with Gasteiger partial charge in [-0.15, -0.1) is 0 Å². The number of hydrogen-bond acceptors (Lipinski definition) is 8. The summed E-state index contributed by atoms with van der Waals surface area (Å²) in [6.07, 6.45) is -0.264. The Labute approximate surface area is 238 Å². The molecule has 5 atom stereocenters. The topological polar surface area (TPSA) is 220 Å². The van der Waals surface area contributed by atoms with Crippen molar-refractivity contribution in [2.75, 3.05) is 19.6 Å². The van der Waals surface area contributed by atoms with Gasteiger partial charge < -0.3 is 42.1 Å². The van der Waals surface area contributed by atoms with Crippen LogP contribution in [0.1, 0.15) is 39.2 Å². The third-order valence-electron chi connectivity index (χ3n) is 6.67. The highest BCUT2D eigenvalue weighted by molar-refractivity contribution is 5.95. The van der Waals surface area contributed by atoms with Crippen LogP contribution < -0.4 is 27.0 Å². The first-order chi connectivity index (χ1) is 19.3. The summed E-state index contributed by atoms with van der Waals surface area (Å²) in [5.41, 5.74) is 6.24. The fraction of sp³-hybridized carbons (Fsp3) is 0.556. The summed E-state index contributed by atoms with van der Waals surface area (Å²) >= 11 is 0. The van der Waals surface area contributed by atoms with Crippen molar-refractivity contribution >= 4 is 35.5 Å². The molecule has 0 aromatic heterocycles. The van der Waals surface area contributed by atoms with E-state index in [2.05, 4.69) is 21.3 Å². The molecule has 1 aromatic rings. The lowest BCUT2D eigenvalue weighted by Crippen LogP contribution is -2.58. The summed E-state index contributed by atoms with van der Waals surface area (Å²) in [5, 5.41) is 28.6. The van der Waals surface area contributed by atoms with Crippen LogP contribution in [0.25, 0.3) is 0 Å². The van der Waals surface area contributed by atoms with Gasteiger partial charge in [0.2, 0.25) is 29.5 Å². The van der Waals surface area contributed by atoms with Crippen molar-refractivity contribution in [3.63, 3.8) is 0 Å². The Bertz CT molecular complexity index is 1100. The normalized spacial score (nSPS) is 17.6. The fourth-order valence-corrected chi connectivity index (χ4v) is 4.48. The van der Waals surface area contributed by atoms with E-state index >= 15 is 0 Å². The molecule has 1 aromatic carbocycles. The highest BCUT2D eigenvalue weighted by Crippen LogP contribution is 2.20. The van der Waals surface area contributed by atoms with E-state index in [1.165, 1.54) is 11.8 Å². The number of carboxylic acids is 1. The molecule has 1 aliphatic rings. The molecule has 5 amide bonds. The molecule has 1 aliphatic heterocycles. The average molecular weight is 577 g/mol. The molecule has 0 aliphatic carbocycles. The molecule has 0 spiro atoms. The van der Waals surface area contributed by atoms with Crippen LogP contribution in [0.3, 0.4) is 0 Å². The van der Waals surface area contributed by atoms with Crippen molar-refractivity contribution in [2.24, 2.45) is 11.7 Å². The van der Waals surface area contributed by atoms with Crippen LogP contribution in [0.4, 0.5) is 0 Å². The van der Waals surface area contributed by atoms with Crippen LogP contribution in [0, 0.1) is 5.92 Å². The summed E-state index contributed by atoms with van der Waals surface area (Å²) in [6.45, 7) is 3.98. The Hall–Kier alpha value is -4.04. The zero-order chi connectivity index (χ0) is 30.7. The second-order valence-electron chi connectivity index (χ2n) is 10.3. The molecule has 1 heterocycles. The summed E-state index contributed by atoms with van der Waals surface area (Å²) in [7, 11) is 0. The predicted molar refractivity (Wildman–Crippen MR) is 147 cm³/mol. The van der Waals surface area contributed by atoms with Gasteiger partial charge in [0.05, 0.1) is 19.2 Å². The SMILES string of the molecule is CC(C)[C@H](NC(=O)CNC(=O)[C@@H]1CCCN1C(=O)[C@H](Cc1ccccc1)NC(=O)CN)C(=O)N[C@H](C(=O)O)[C@@H](C)O. The number of nitrogens with one attached hydrogen (secondary N) is 4. The minimum Gasteiger partial charge on any atom is -0.480 e. The zero-order valence-corrected chi connectivity index (χ0v) is 23.5. The number of carboxylic acid groups (broad SMARTS) is 1. The first kappa shape index (κ1) is 33.2. The monoisotopic (exact) mass is 576 g/mol. The van der Waals surface area contributed by atoms with Crippen molar-refractivity contribution in [2.45, 2.75) is 70.3 Å². The third-order valence-corrected chi connectivity index (χ3v) is 6.67. The van der Waals surface area contributed by atoms with Gasteiger partial charge in [-0.05, 0) is 31.2 Å². The van der Waals surface area contributed by atoms with Crippen LogP contribution in [-0.4, -0.2) is 101 Å².